The summed E-state index contributed by atoms with van der Waals surface area (Å²) in [7, 11) is 1.87. The molecule has 0 aliphatic heterocycles. The Morgan fingerprint density at radius 2 is 1.93 bits per heavy atom. The Kier molecular flexibility index (Phi) is 4.87. The minimum absolute atomic E-state index is 0.0621. The van der Waals surface area contributed by atoms with E-state index in [9.17, 15) is 18.0 Å². The number of carbonyl (C=O) groups is 1. The van der Waals surface area contributed by atoms with Gasteiger partial charge in [-0.3, -0.25) is 4.79 Å². The molecule has 29 heavy (non-hydrogen) atoms. The third-order valence-corrected chi connectivity index (χ3v) is 5.13. The maximum absolute atomic E-state index is 12.8. The van der Waals surface area contributed by atoms with Crippen molar-refractivity contribution in [1.82, 2.24) is 19.7 Å². The highest BCUT2D eigenvalue weighted by Crippen LogP contribution is 2.31. The Morgan fingerprint density at radius 3 is 2.72 bits per heavy atom. The number of para-hydroxylation sites is 1. The monoisotopic (exact) mass is 417 g/mol. The van der Waals surface area contributed by atoms with Gasteiger partial charge in [0.1, 0.15) is 5.52 Å². The first-order valence-electron chi connectivity index (χ1n) is 8.50. The summed E-state index contributed by atoms with van der Waals surface area (Å²) in [6.07, 6.45) is -4.47. The fourth-order valence-electron chi connectivity index (χ4n) is 2.95. The van der Waals surface area contributed by atoms with Crippen molar-refractivity contribution < 1.29 is 18.0 Å². The summed E-state index contributed by atoms with van der Waals surface area (Å²) in [5.41, 5.74) is 1.53. The SMILES string of the molecule is Cn1c2ccccc2c2nnc(SCC(=O)Nc3cccc(C(F)(F)F)c3)nc21. The number of thioether (sulfide) groups is 1. The van der Waals surface area contributed by atoms with Gasteiger partial charge >= 0.3 is 6.18 Å². The topological polar surface area (TPSA) is 72.7 Å². The number of rotatable bonds is 4. The van der Waals surface area contributed by atoms with Crippen LogP contribution in [0.3, 0.4) is 0 Å². The van der Waals surface area contributed by atoms with Gasteiger partial charge in [0.15, 0.2) is 5.65 Å². The van der Waals surface area contributed by atoms with Gasteiger partial charge in [-0.25, -0.2) is 4.98 Å². The van der Waals surface area contributed by atoms with E-state index in [1.165, 1.54) is 12.1 Å². The van der Waals surface area contributed by atoms with E-state index < -0.39 is 17.6 Å². The molecule has 0 atom stereocenters. The van der Waals surface area contributed by atoms with Crippen LogP contribution in [0.5, 0.6) is 0 Å². The quantitative estimate of drug-likeness (QED) is 0.502. The molecule has 4 aromatic rings. The molecule has 0 radical (unpaired) electrons. The first-order chi connectivity index (χ1) is 13.8. The van der Waals surface area contributed by atoms with Crippen molar-refractivity contribution in [2.24, 2.45) is 7.05 Å². The molecule has 6 nitrogen and oxygen atoms in total. The fraction of sp³-hybridized carbons (Fsp3) is 0.158. The molecule has 0 spiro atoms. The highest BCUT2D eigenvalue weighted by Gasteiger charge is 2.30. The first kappa shape index (κ1) is 19.2. The Bertz CT molecular complexity index is 1220. The molecule has 2 aromatic carbocycles. The van der Waals surface area contributed by atoms with E-state index in [0.717, 1.165) is 34.8 Å². The van der Waals surface area contributed by atoms with Crippen molar-refractivity contribution in [2.45, 2.75) is 11.3 Å². The van der Waals surface area contributed by atoms with Crippen LogP contribution in [0.4, 0.5) is 18.9 Å². The lowest BCUT2D eigenvalue weighted by molar-refractivity contribution is -0.137. The molecule has 0 fully saturated rings. The minimum Gasteiger partial charge on any atom is -0.327 e. The number of benzene rings is 2. The van der Waals surface area contributed by atoms with Gasteiger partial charge in [0, 0.05) is 18.1 Å². The van der Waals surface area contributed by atoms with Gasteiger partial charge in [0.05, 0.1) is 16.8 Å². The predicted molar refractivity (Wildman–Crippen MR) is 105 cm³/mol. The number of fused-ring (bicyclic) bond motifs is 3. The second-order valence-electron chi connectivity index (χ2n) is 6.26. The van der Waals surface area contributed by atoms with Crippen molar-refractivity contribution in [1.29, 1.82) is 0 Å². The Labute approximate surface area is 167 Å². The Balaban J connectivity index is 1.48. The van der Waals surface area contributed by atoms with Crippen LogP contribution in [-0.4, -0.2) is 31.4 Å². The standard InChI is InChI=1S/C19H14F3N5OS/c1-27-14-8-3-2-7-13(14)16-17(27)24-18(26-25-16)29-10-15(28)23-12-6-4-5-11(9-12)19(20,21)22/h2-9H,10H2,1H3,(H,23,28). The third-order valence-electron chi connectivity index (χ3n) is 4.29. The number of nitrogens with zero attached hydrogens (tertiary/aromatic N) is 4. The summed E-state index contributed by atoms with van der Waals surface area (Å²) in [4.78, 5) is 16.6. The van der Waals surface area contributed by atoms with Gasteiger partial charge in [0.25, 0.3) is 0 Å². The van der Waals surface area contributed by atoms with Crippen LogP contribution in [-0.2, 0) is 18.0 Å². The van der Waals surface area contributed by atoms with E-state index in [1.807, 2.05) is 35.9 Å². The number of alkyl halides is 3. The van der Waals surface area contributed by atoms with Crippen LogP contribution in [0.15, 0.2) is 53.7 Å². The third kappa shape index (κ3) is 3.88. The Hall–Kier alpha value is -3.14. The summed E-state index contributed by atoms with van der Waals surface area (Å²) in [5.74, 6) is -0.525. The number of carbonyl (C=O) groups excluding carboxylic acids is 1. The molecule has 0 saturated carbocycles. The zero-order valence-corrected chi connectivity index (χ0v) is 15.9. The van der Waals surface area contributed by atoms with Crippen LogP contribution in [0.1, 0.15) is 5.56 Å². The molecular formula is C19H14F3N5OS. The van der Waals surface area contributed by atoms with Gasteiger partial charge < -0.3 is 9.88 Å². The summed E-state index contributed by atoms with van der Waals surface area (Å²) in [6, 6.07) is 12.2. The normalized spacial score (nSPS) is 11.9. The maximum atomic E-state index is 12.8. The number of aryl methyl sites for hydroxylation is 1. The molecule has 1 N–H and O–H groups in total. The molecule has 0 bridgehead atoms. The van der Waals surface area contributed by atoms with Gasteiger partial charge in [-0.15, -0.1) is 10.2 Å². The molecule has 0 saturated heterocycles. The van der Waals surface area contributed by atoms with Crippen molar-refractivity contribution in [3.8, 4) is 0 Å². The van der Waals surface area contributed by atoms with E-state index >= 15 is 0 Å². The average Bonchev–Trinajstić information content (AvgIpc) is 2.98. The van der Waals surface area contributed by atoms with Crippen molar-refractivity contribution >= 4 is 45.4 Å². The second-order valence-corrected chi connectivity index (χ2v) is 7.20. The highest BCUT2D eigenvalue weighted by molar-refractivity contribution is 7.99. The number of amides is 1. The van der Waals surface area contributed by atoms with Crippen LogP contribution >= 0.6 is 11.8 Å². The number of halogens is 3. The van der Waals surface area contributed by atoms with E-state index in [4.69, 9.17) is 0 Å². The molecule has 148 valence electrons. The molecule has 10 heteroatoms. The average molecular weight is 417 g/mol. The van der Waals surface area contributed by atoms with Crippen LogP contribution in [0, 0.1) is 0 Å². The number of aromatic nitrogens is 4. The minimum atomic E-state index is -4.47. The number of hydrogen-bond acceptors (Lipinski definition) is 5. The molecule has 0 aliphatic carbocycles. The zero-order chi connectivity index (χ0) is 20.6. The zero-order valence-electron chi connectivity index (χ0n) is 15.1. The molecule has 0 aliphatic rings. The predicted octanol–water partition coefficient (Wildman–Crippen LogP) is 4.27. The molecule has 1 amide bonds. The lowest BCUT2D eigenvalue weighted by atomic mass is 10.2. The largest absolute Gasteiger partial charge is 0.416 e. The van der Waals surface area contributed by atoms with Crippen molar-refractivity contribution in [3.05, 3.63) is 54.1 Å². The van der Waals surface area contributed by atoms with Crippen LogP contribution in [0.2, 0.25) is 0 Å². The fourth-order valence-corrected chi connectivity index (χ4v) is 3.54. The lowest BCUT2D eigenvalue weighted by Crippen LogP contribution is -2.15. The van der Waals surface area contributed by atoms with E-state index in [1.54, 1.807) is 0 Å². The highest BCUT2D eigenvalue weighted by atomic mass is 32.2. The summed E-state index contributed by atoms with van der Waals surface area (Å²) in [6.45, 7) is 0. The summed E-state index contributed by atoms with van der Waals surface area (Å²) < 4.78 is 40.2. The van der Waals surface area contributed by atoms with Crippen LogP contribution in [0.25, 0.3) is 22.1 Å². The number of nitrogens with one attached hydrogen (secondary N) is 1. The second kappa shape index (κ2) is 7.36. The molecule has 4 rings (SSSR count). The van der Waals surface area contributed by atoms with Gasteiger partial charge in [-0.05, 0) is 24.3 Å². The smallest absolute Gasteiger partial charge is 0.327 e. The summed E-state index contributed by atoms with van der Waals surface area (Å²) >= 11 is 1.06. The van der Waals surface area contributed by atoms with Gasteiger partial charge in [-0.2, -0.15) is 13.2 Å². The molecule has 2 aromatic heterocycles. The molecular weight excluding hydrogens is 403 g/mol. The van der Waals surface area contributed by atoms with Gasteiger partial charge in [0.2, 0.25) is 11.1 Å². The molecule has 2 heterocycles. The maximum Gasteiger partial charge on any atom is 0.416 e. The Morgan fingerprint density at radius 1 is 1.14 bits per heavy atom. The van der Waals surface area contributed by atoms with Crippen molar-refractivity contribution in [2.75, 3.05) is 11.1 Å². The van der Waals surface area contributed by atoms with Gasteiger partial charge in [-0.1, -0.05) is 36.0 Å². The number of hydrogen-bond donors (Lipinski definition) is 1. The van der Waals surface area contributed by atoms with E-state index in [2.05, 4.69) is 20.5 Å². The van der Waals surface area contributed by atoms with E-state index in [0.29, 0.717) is 16.3 Å². The summed E-state index contributed by atoms with van der Waals surface area (Å²) in [5, 5.41) is 12.0. The van der Waals surface area contributed by atoms with E-state index in [-0.39, 0.29) is 11.4 Å². The lowest BCUT2D eigenvalue weighted by Gasteiger charge is -2.09. The first-order valence-corrected chi connectivity index (χ1v) is 9.49. The van der Waals surface area contributed by atoms with Crippen molar-refractivity contribution in [3.63, 3.8) is 0 Å². The van der Waals surface area contributed by atoms with Crippen LogP contribution < -0.4 is 5.32 Å². The molecule has 0 unspecified atom stereocenters. The number of anilines is 1.